The number of imide groups is 1. The number of aryl methyl sites for hydroxylation is 1. The fourth-order valence-corrected chi connectivity index (χ4v) is 6.36. The molecule has 4 aliphatic rings. The molecular formula is C26H20N2O4. The molecule has 6 nitrogen and oxygen atoms in total. The van der Waals surface area contributed by atoms with Crippen LogP contribution >= 0.6 is 0 Å². The lowest BCUT2D eigenvalue weighted by molar-refractivity contribution is -0.384. The molecule has 1 fully saturated rings. The van der Waals surface area contributed by atoms with Gasteiger partial charge in [-0.3, -0.25) is 19.7 Å². The average molecular weight is 424 g/mol. The van der Waals surface area contributed by atoms with E-state index >= 15 is 0 Å². The number of rotatable bonds is 2. The normalized spacial score (nSPS) is 27.2. The molecule has 7 rings (SSSR count). The summed E-state index contributed by atoms with van der Waals surface area (Å²) in [5, 5.41) is 11.8. The molecule has 3 aliphatic carbocycles. The van der Waals surface area contributed by atoms with Gasteiger partial charge in [0.1, 0.15) is 5.69 Å². The van der Waals surface area contributed by atoms with E-state index in [0.29, 0.717) is 5.56 Å². The maximum Gasteiger partial charge on any atom is 0.293 e. The second kappa shape index (κ2) is 6.13. The predicted molar refractivity (Wildman–Crippen MR) is 118 cm³/mol. The zero-order chi connectivity index (χ0) is 22.4. The summed E-state index contributed by atoms with van der Waals surface area (Å²) in [6.45, 7) is 3.79. The highest BCUT2D eigenvalue weighted by Gasteiger charge is 2.66. The Labute approximate surface area is 184 Å². The lowest BCUT2D eigenvalue weighted by Crippen LogP contribution is -2.51. The third-order valence-electron chi connectivity index (χ3n) is 7.61. The van der Waals surface area contributed by atoms with Gasteiger partial charge in [-0.05, 0) is 40.8 Å². The van der Waals surface area contributed by atoms with Gasteiger partial charge in [0.2, 0.25) is 11.8 Å². The van der Waals surface area contributed by atoms with Crippen LogP contribution in [-0.4, -0.2) is 16.7 Å². The summed E-state index contributed by atoms with van der Waals surface area (Å²) in [5.74, 6) is -2.15. The van der Waals surface area contributed by atoms with Gasteiger partial charge in [-0.25, -0.2) is 4.90 Å². The molecule has 0 spiro atoms. The molecule has 32 heavy (non-hydrogen) atoms. The molecule has 0 radical (unpaired) electrons. The molecule has 1 aliphatic heterocycles. The first kappa shape index (κ1) is 18.9. The highest BCUT2D eigenvalue weighted by Crippen LogP contribution is 2.64. The van der Waals surface area contributed by atoms with Crippen molar-refractivity contribution in [3.05, 3.63) is 105 Å². The number of nitrogens with zero attached hydrogens (tertiary/aromatic N) is 2. The summed E-state index contributed by atoms with van der Waals surface area (Å²) in [6.07, 6.45) is 0. The molecule has 0 saturated carbocycles. The SMILES string of the molecule is Cc1ccc(N2C(=O)[C@@H]3C4c5ccccc5C(C)(c5ccccc54)[C@@H]3C2=O)c([N+](=O)[O-])c1. The van der Waals surface area contributed by atoms with Crippen LogP contribution in [0.1, 0.15) is 40.7 Å². The smallest absolute Gasteiger partial charge is 0.274 e. The molecule has 3 aromatic rings. The average Bonchev–Trinajstić information content (AvgIpc) is 3.06. The van der Waals surface area contributed by atoms with Gasteiger partial charge < -0.3 is 0 Å². The number of benzene rings is 3. The maximum absolute atomic E-state index is 13.9. The Morgan fingerprint density at radius 3 is 2.09 bits per heavy atom. The van der Waals surface area contributed by atoms with Crippen molar-refractivity contribution in [1.29, 1.82) is 0 Å². The van der Waals surface area contributed by atoms with Crippen LogP contribution in [0.3, 0.4) is 0 Å². The second-order valence-corrected chi connectivity index (χ2v) is 9.12. The molecule has 2 atom stereocenters. The van der Waals surface area contributed by atoms with Gasteiger partial charge in [0.25, 0.3) is 5.69 Å². The number of amides is 2. The molecule has 6 heteroatoms. The van der Waals surface area contributed by atoms with Gasteiger partial charge in [0.15, 0.2) is 0 Å². The Kier molecular flexibility index (Phi) is 3.62. The van der Waals surface area contributed by atoms with E-state index in [1.165, 1.54) is 12.1 Å². The van der Waals surface area contributed by atoms with E-state index in [9.17, 15) is 19.7 Å². The largest absolute Gasteiger partial charge is 0.293 e. The van der Waals surface area contributed by atoms with Gasteiger partial charge in [-0.1, -0.05) is 61.5 Å². The fourth-order valence-electron chi connectivity index (χ4n) is 6.36. The number of anilines is 1. The summed E-state index contributed by atoms with van der Waals surface area (Å²) in [6, 6.07) is 20.7. The van der Waals surface area contributed by atoms with Gasteiger partial charge >= 0.3 is 0 Å². The van der Waals surface area contributed by atoms with E-state index in [0.717, 1.165) is 27.2 Å². The van der Waals surface area contributed by atoms with Gasteiger partial charge in [0.05, 0.1) is 16.8 Å². The Bertz CT molecular complexity index is 1310. The summed E-state index contributed by atoms with van der Waals surface area (Å²) in [5.41, 5.74) is 4.10. The summed E-state index contributed by atoms with van der Waals surface area (Å²) in [7, 11) is 0. The summed E-state index contributed by atoms with van der Waals surface area (Å²) >= 11 is 0. The van der Waals surface area contributed by atoms with Crippen molar-refractivity contribution in [3.8, 4) is 0 Å². The van der Waals surface area contributed by atoms with E-state index in [-0.39, 0.29) is 29.1 Å². The van der Waals surface area contributed by atoms with E-state index in [1.54, 1.807) is 13.0 Å². The Morgan fingerprint density at radius 1 is 0.906 bits per heavy atom. The number of carbonyl (C=O) groups excluding carboxylic acids is 2. The van der Waals surface area contributed by atoms with Crippen molar-refractivity contribution in [1.82, 2.24) is 0 Å². The number of nitro benzene ring substituents is 1. The van der Waals surface area contributed by atoms with Crippen LogP contribution < -0.4 is 4.90 Å². The van der Waals surface area contributed by atoms with Gasteiger partial charge in [0, 0.05) is 17.4 Å². The number of hydrogen-bond acceptors (Lipinski definition) is 4. The minimum Gasteiger partial charge on any atom is -0.274 e. The molecule has 3 aromatic carbocycles. The van der Waals surface area contributed by atoms with E-state index < -0.39 is 22.2 Å². The molecule has 1 saturated heterocycles. The highest BCUT2D eigenvalue weighted by molar-refractivity contribution is 6.24. The Hall–Kier alpha value is -3.80. The lowest BCUT2D eigenvalue weighted by atomic mass is 9.48. The van der Waals surface area contributed by atoms with Crippen molar-refractivity contribution in [2.45, 2.75) is 25.2 Å². The highest BCUT2D eigenvalue weighted by atomic mass is 16.6. The Balaban J connectivity index is 1.61. The molecule has 0 aromatic heterocycles. The first-order valence-corrected chi connectivity index (χ1v) is 10.7. The van der Waals surface area contributed by atoms with Crippen LogP contribution in [0.15, 0.2) is 66.7 Å². The molecular weight excluding hydrogens is 404 g/mol. The monoisotopic (exact) mass is 424 g/mol. The lowest BCUT2D eigenvalue weighted by Gasteiger charge is -2.52. The first-order chi connectivity index (χ1) is 15.4. The summed E-state index contributed by atoms with van der Waals surface area (Å²) in [4.78, 5) is 40.1. The summed E-state index contributed by atoms with van der Waals surface area (Å²) < 4.78 is 0. The Morgan fingerprint density at radius 2 is 1.50 bits per heavy atom. The molecule has 158 valence electrons. The van der Waals surface area contributed by atoms with Crippen LogP contribution in [0.25, 0.3) is 0 Å². The van der Waals surface area contributed by atoms with Crippen molar-refractivity contribution < 1.29 is 14.5 Å². The first-order valence-electron chi connectivity index (χ1n) is 10.7. The fraction of sp³-hybridized carbons (Fsp3) is 0.231. The minimum atomic E-state index is -0.687. The van der Waals surface area contributed by atoms with Crippen molar-refractivity contribution in [2.24, 2.45) is 11.8 Å². The van der Waals surface area contributed by atoms with Gasteiger partial charge in [-0.2, -0.15) is 0 Å². The topological polar surface area (TPSA) is 80.5 Å². The molecule has 2 amide bonds. The minimum absolute atomic E-state index is 0.0566. The third-order valence-corrected chi connectivity index (χ3v) is 7.61. The van der Waals surface area contributed by atoms with Crippen LogP contribution in [0.4, 0.5) is 11.4 Å². The van der Waals surface area contributed by atoms with Crippen molar-refractivity contribution in [2.75, 3.05) is 4.90 Å². The van der Waals surface area contributed by atoms with Crippen LogP contribution in [-0.2, 0) is 15.0 Å². The predicted octanol–water partition coefficient (Wildman–Crippen LogP) is 4.47. The van der Waals surface area contributed by atoms with Gasteiger partial charge in [-0.15, -0.1) is 0 Å². The maximum atomic E-state index is 13.9. The third kappa shape index (κ3) is 2.09. The van der Waals surface area contributed by atoms with E-state index in [4.69, 9.17) is 0 Å². The van der Waals surface area contributed by atoms with E-state index in [1.807, 2.05) is 55.5 Å². The number of hydrogen-bond donors (Lipinski definition) is 0. The van der Waals surface area contributed by atoms with Crippen LogP contribution in [0.2, 0.25) is 0 Å². The quantitative estimate of drug-likeness (QED) is 0.345. The van der Waals surface area contributed by atoms with Crippen LogP contribution in [0.5, 0.6) is 0 Å². The zero-order valence-electron chi connectivity index (χ0n) is 17.6. The second-order valence-electron chi connectivity index (χ2n) is 9.12. The molecule has 0 unspecified atom stereocenters. The van der Waals surface area contributed by atoms with Crippen LogP contribution in [0, 0.1) is 28.9 Å². The van der Waals surface area contributed by atoms with Crippen molar-refractivity contribution in [3.63, 3.8) is 0 Å². The molecule has 2 bridgehead atoms. The van der Waals surface area contributed by atoms with E-state index in [2.05, 4.69) is 0 Å². The molecule has 1 heterocycles. The van der Waals surface area contributed by atoms with Crippen molar-refractivity contribution >= 4 is 23.2 Å². The standard InChI is InChI=1S/C26H20N2O4/c1-14-11-12-19(20(13-14)28(31)32)27-24(29)22-21-15-7-3-5-9-17(15)26(2,23(22)25(27)30)18-10-6-4-8-16(18)21/h3-13,21-23H,1-2H3/t21?,22-,23+,26?/m1/s1. The molecule has 0 N–H and O–H groups in total. The zero-order valence-corrected chi connectivity index (χ0v) is 17.6. The number of nitro groups is 1. The number of carbonyl (C=O) groups is 2.